The van der Waals surface area contributed by atoms with Crippen molar-refractivity contribution in [1.29, 1.82) is 0 Å². The third kappa shape index (κ3) is 3.02. The average Bonchev–Trinajstić information content (AvgIpc) is 2.89. The molecule has 4 rings (SSSR count). The number of rotatable bonds is 3. The van der Waals surface area contributed by atoms with Gasteiger partial charge in [0.25, 0.3) is 0 Å². The van der Waals surface area contributed by atoms with Gasteiger partial charge in [-0.05, 0) is 61.4 Å². The summed E-state index contributed by atoms with van der Waals surface area (Å²) in [5.74, 6) is 0.943. The van der Waals surface area contributed by atoms with Gasteiger partial charge in [-0.1, -0.05) is 24.4 Å². The number of hydrogen-bond acceptors (Lipinski definition) is 3. The van der Waals surface area contributed by atoms with Gasteiger partial charge in [-0.15, -0.1) is 0 Å². The van der Waals surface area contributed by atoms with Crippen LogP contribution in [0.2, 0.25) is 5.02 Å². The highest BCUT2D eigenvalue weighted by Crippen LogP contribution is 2.40. The third-order valence-electron chi connectivity index (χ3n) is 4.99. The molecule has 1 saturated carbocycles. The molecule has 0 N–H and O–H groups in total. The summed E-state index contributed by atoms with van der Waals surface area (Å²) in [6.07, 6.45) is 3.71. The second-order valence-corrected chi connectivity index (χ2v) is 7.00. The second-order valence-electron chi connectivity index (χ2n) is 6.56. The normalized spacial score (nSPS) is 22.8. The Hall–Kier alpha value is -2.33. The van der Waals surface area contributed by atoms with Crippen LogP contribution in [0, 0.1) is 11.8 Å². The number of hydrogen-bond donors (Lipinski definition) is 0. The van der Waals surface area contributed by atoms with E-state index in [-0.39, 0.29) is 23.7 Å². The van der Waals surface area contributed by atoms with Crippen molar-refractivity contribution in [3.63, 3.8) is 0 Å². The Labute approximate surface area is 151 Å². The fourth-order valence-electron chi connectivity index (χ4n) is 3.72. The Bertz CT molecular complexity index is 777. The van der Waals surface area contributed by atoms with E-state index in [1.54, 1.807) is 48.5 Å². The lowest BCUT2D eigenvalue weighted by atomic mass is 9.81. The highest BCUT2D eigenvalue weighted by atomic mass is 35.5. The van der Waals surface area contributed by atoms with Crippen LogP contribution in [-0.2, 0) is 9.59 Å². The van der Waals surface area contributed by atoms with E-state index in [1.165, 1.54) is 4.90 Å². The SMILES string of the molecule is O=C1[C@H]2CCCC[C@H]2C(=O)N1c1ccc(Oc2ccc(Cl)cc2)cc1. The van der Waals surface area contributed by atoms with Crippen molar-refractivity contribution in [3.05, 3.63) is 53.6 Å². The lowest BCUT2D eigenvalue weighted by Gasteiger charge is -2.19. The number of carbonyl (C=O) groups excluding carboxylic acids is 2. The fourth-order valence-corrected chi connectivity index (χ4v) is 3.84. The summed E-state index contributed by atoms with van der Waals surface area (Å²) in [6.45, 7) is 0. The smallest absolute Gasteiger partial charge is 0.237 e. The number of anilines is 1. The number of fused-ring (bicyclic) bond motifs is 1. The summed E-state index contributed by atoms with van der Waals surface area (Å²) >= 11 is 5.86. The van der Waals surface area contributed by atoms with Crippen molar-refractivity contribution in [2.75, 3.05) is 4.90 Å². The fraction of sp³-hybridized carbons (Fsp3) is 0.300. The van der Waals surface area contributed by atoms with Gasteiger partial charge in [0.05, 0.1) is 17.5 Å². The van der Waals surface area contributed by atoms with Crippen LogP contribution in [-0.4, -0.2) is 11.8 Å². The Morgan fingerprint density at radius 2 is 1.28 bits per heavy atom. The Morgan fingerprint density at radius 3 is 1.80 bits per heavy atom. The van der Waals surface area contributed by atoms with E-state index in [1.807, 2.05) is 0 Å². The van der Waals surface area contributed by atoms with Gasteiger partial charge in [0.1, 0.15) is 11.5 Å². The molecule has 0 bridgehead atoms. The molecule has 2 aromatic rings. The van der Waals surface area contributed by atoms with Gasteiger partial charge in [0, 0.05) is 5.02 Å². The lowest BCUT2D eigenvalue weighted by molar-refractivity contribution is -0.122. The molecular weight excluding hydrogens is 338 g/mol. The minimum Gasteiger partial charge on any atom is -0.457 e. The second kappa shape index (κ2) is 6.52. The van der Waals surface area contributed by atoms with Crippen LogP contribution in [0.25, 0.3) is 0 Å². The monoisotopic (exact) mass is 355 g/mol. The number of halogens is 1. The molecule has 0 aromatic heterocycles. The Kier molecular flexibility index (Phi) is 4.22. The summed E-state index contributed by atoms with van der Waals surface area (Å²) in [5, 5.41) is 0.648. The summed E-state index contributed by atoms with van der Waals surface area (Å²) in [4.78, 5) is 26.6. The van der Waals surface area contributed by atoms with Crippen LogP contribution in [0.1, 0.15) is 25.7 Å². The predicted molar refractivity (Wildman–Crippen MR) is 95.9 cm³/mol. The molecule has 0 radical (unpaired) electrons. The first kappa shape index (κ1) is 16.2. The molecule has 0 spiro atoms. The molecule has 2 atom stereocenters. The standard InChI is InChI=1S/C20H18ClNO3/c21-13-5-9-15(10-6-13)25-16-11-7-14(8-12-16)22-19(23)17-3-1-2-4-18(17)20(22)24/h5-12,17-18H,1-4H2/t17-,18+. The zero-order valence-electron chi connectivity index (χ0n) is 13.7. The molecule has 2 aliphatic rings. The van der Waals surface area contributed by atoms with Crippen molar-refractivity contribution >= 4 is 29.1 Å². The first-order valence-electron chi connectivity index (χ1n) is 8.55. The van der Waals surface area contributed by atoms with Crippen LogP contribution < -0.4 is 9.64 Å². The van der Waals surface area contributed by atoms with Gasteiger partial charge < -0.3 is 4.74 Å². The van der Waals surface area contributed by atoms with Gasteiger partial charge in [-0.3, -0.25) is 14.5 Å². The van der Waals surface area contributed by atoms with Gasteiger partial charge in [0.15, 0.2) is 0 Å². The maximum atomic E-state index is 12.6. The van der Waals surface area contributed by atoms with E-state index in [0.29, 0.717) is 22.2 Å². The largest absolute Gasteiger partial charge is 0.457 e. The first-order valence-corrected chi connectivity index (χ1v) is 8.92. The number of ether oxygens (including phenoxy) is 1. The lowest BCUT2D eigenvalue weighted by Crippen LogP contribution is -2.30. The molecule has 5 heteroatoms. The molecule has 128 valence electrons. The number of benzene rings is 2. The summed E-state index contributed by atoms with van der Waals surface area (Å²) in [7, 11) is 0. The van der Waals surface area contributed by atoms with Crippen LogP contribution >= 0.6 is 11.6 Å². The molecule has 1 saturated heterocycles. The van der Waals surface area contributed by atoms with Gasteiger partial charge in [-0.2, -0.15) is 0 Å². The van der Waals surface area contributed by atoms with Crippen LogP contribution in [0.5, 0.6) is 11.5 Å². The van der Waals surface area contributed by atoms with Crippen molar-refractivity contribution in [2.45, 2.75) is 25.7 Å². The molecule has 25 heavy (non-hydrogen) atoms. The van der Waals surface area contributed by atoms with E-state index in [0.717, 1.165) is 25.7 Å². The molecule has 2 aromatic carbocycles. The molecule has 1 aliphatic heterocycles. The topological polar surface area (TPSA) is 46.6 Å². The zero-order chi connectivity index (χ0) is 17.4. The number of nitrogens with zero attached hydrogens (tertiary/aromatic N) is 1. The maximum Gasteiger partial charge on any atom is 0.237 e. The Morgan fingerprint density at radius 1 is 0.800 bits per heavy atom. The van der Waals surface area contributed by atoms with E-state index >= 15 is 0 Å². The van der Waals surface area contributed by atoms with Crippen molar-refractivity contribution in [2.24, 2.45) is 11.8 Å². The number of carbonyl (C=O) groups is 2. The summed E-state index contributed by atoms with van der Waals surface area (Å²) in [5.41, 5.74) is 0.618. The molecule has 2 amide bonds. The minimum atomic E-state index is -0.133. The van der Waals surface area contributed by atoms with Crippen molar-refractivity contribution in [3.8, 4) is 11.5 Å². The summed E-state index contributed by atoms with van der Waals surface area (Å²) in [6, 6.07) is 14.2. The highest BCUT2D eigenvalue weighted by Gasteiger charge is 2.48. The molecule has 1 aliphatic carbocycles. The number of imide groups is 1. The van der Waals surface area contributed by atoms with Gasteiger partial charge in [0.2, 0.25) is 11.8 Å². The highest BCUT2D eigenvalue weighted by molar-refractivity contribution is 6.30. The molecule has 1 heterocycles. The molecule has 0 unspecified atom stereocenters. The van der Waals surface area contributed by atoms with Crippen molar-refractivity contribution in [1.82, 2.24) is 0 Å². The molecule has 2 fully saturated rings. The van der Waals surface area contributed by atoms with Crippen LogP contribution in [0.15, 0.2) is 48.5 Å². The van der Waals surface area contributed by atoms with Crippen LogP contribution in [0.4, 0.5) is 5.69 Å². The Balaban J connectivity index is 1.53. The maximum absolute atomic E-state index is 12.6. The third-order valence-corrected chi connectivity index (χ3v) is 5.24. The van der Waals surface area contributed by atoms with E-state index in [2.05, 4.69) is 0 Å². The van der Waals surface area contributed by atoms with E-state index in [4.69, 9.17) is 16.3 Å². The van der Waals surface area contributed by atoms with Crippen molar-refractivity contribution < 1.29 is 14.3 Å². The molecular formula is C20H18ClNO3. The van der Waals surface area contributed by atoms with E-state index < -0.39 is 0 Å². The number of amides is 2. The summed E-state index contributed by atoms with van der Waals surface area (Å²) < 4.78 is 5.75. The van der Waals surface area contributed by atoms with Gasteiger partial charge >= 0.3 is 0 Å². The van der Waals surface area contributed by atoms with Gasteiger partial charge in [-0.25, -0.2) is 0 Å². The van der Waals surface area contributed by atoms with E-state index in [9.17, 15) is 9.59 Å². The van der Waals surface area contributed by atoms with Crippen LogP contribution in [0.3, 0.4) is 0 Å². The average molecular weight is 356 g/mol. The molecule has 4 nitrogen and oxygen atoms in total. The zero-order valence-corrected chi connectivity index (χ0v) is 14.4. The first-order chi connectivity index (χ1) is 12.1. The quantitative estimate of drug-likeness (QED) is 0.742. The predicted octanol–water partition coefficient (Wildman–Crippen LogP) is 4.81. The minimum absolute atomic E-state index is 0.0546.